The minimum Gasteiger partial charge on any atom is -0.462 e. The molecule has 0 aromatic carbocycles. The second-order valence-corrected chi connectivity index (χ2v) is 19.1. The first-order valence-electron chi connectivity index (χ1n) is 29.8. The molecule has 1 atom stereocenters. The zero-order valence-electron chi connectivity index (χ0n) is 47.5. The molecule has 0 aromatic rings. The number of carbonyl (C=O) groups is 3. The largest absolute Gasteiger partial charge is 0.462 e. The van der Waals surface area contributed by atoms with Gasteiger partial charge in [0.1, 0.15) is 13.2 Å². The van der Waals surface area contributed by atoms with Crippen LogP contribution >= 0.6 is 0 Å². The van der Waals surface area contributed by atoms with Gasteiger partial charge in [-0.3, -0.25) is 14.4 Å². The quantitative estimate of drug-likeness (QED) is 0.0261. The molecule has 0 saturated heterocycles. The summed E-state index contributed by atoms with van der Waals surface area (Å²) in [6, 6.07) is 0. The molecule has 6 nitrogen and oxygen atoms in total. The van der Waals surface area contributed by atoms with Crippen LogP contribution in [0.2, 0.25) is 0 Å². The molecule has 416 valence electrons. The molecule has 0 amide bonds. The SMILES string of the molecule is CC/C=C\C/C=C\C/C=C\C/C=C\C/C=C\CCCCCCCC(=O)OCC(COC(=O)CCC/C=C\C/C=C\C/C=C\C/C=C\C/C=C\CC)OC(=O)CCCCCCCCC/C=C\C/C=C\CCCCCC. The predicted molar refractivity (Wildman–Crippen MR) is 320 cm³/mol. The molecule has 0 aliphatic heterocycles. The van der Waals surface area contributed by atoms with E-state index in [9.17, 15) is 14.4 Å². The maximum atomic E-state index is 12.9. The van der Waals surface area contributed by atoms with Crippen molar-refractivity contribution in [1.82, 2.24) is 0 Å². The molecule has 0 rings (SSSR count). The normalized spacial score (nSPS) is 13.2. The molecule has 0 fully saturated rings. The molecule has 0 aliphatic carbocycles. The first-order chi connectivity index (χ1) is 36.5. The lowest BCUT2D eigenvalue weighted by atomic mass is 10.1. The lowest BCUT2D eigenvalue weighted by Gasteiger charge is -2.18. The molecule has 0 spiro atoms. The highest BCUT2D eigenvalue weighted by Crippen LogP contribution is 2.13. The lowest BCUT2D eigenvalue weighted by Crippen LogP contribution is -2.30. The predicted octanol–water partition coefficient (Wildman–Crippen LogP) is 20.4. The molecule has 6 heteroatoms. The van der Waals surface area contributed by atoms with E-state index < -0.39 is 6.10 Å². The van der Waals surface area contributed by atoms with Crippen LogP contribution in [-0.2, 0) is 28.6 Å². The zero-order chi connectivity index (χ0) is 53.6. The van der Waals surface area contributed by atoms with Gasteiger partial charge in [-0.15, -0.1) is 0 Å². The first-order valence-corrected chi connectivity index (χ1v) is 29.8. The Morgan fingerprint density at radius 2 is 0.541 bits per heavy atom. The Hall–Kier alpha value is -4.71. The Morgan fingerprint density at radius 1 is 0.284 bits per heavy atom. The van der Waals surface area contributed by atoms with Crippen LogP contribution in [0.15, 0.2) is 146 Å². The number of rotatable bonds is 52. The highest BCUT2D eigenvalue weighted by Gasteiger charge is 2.19. The molecule has 0 aromatic heterocycles. The average Bonchev–Trinajstić information content (AvgIpc) is 3.40. The maximum Gasteiger partial charge on any atom is 0.306 e. The van der Waals surface area contributed by atoms with E-state index in [0.29, 0.717) is 19.3 Å². The van der Waals surface area contributed by atoms with Crippen molar-refractivity contribution in [2.45, 2.75) is 252 Å². The zero-order valence-corrected chi connectivity index (χ0v) is 47.5. The van der Waals surface area contributed by atoms with Gasteiger partial charge in [-0.05, 0) is 135 Å². The number of hydrogen-bond acceptors (Lipinski definition) is 6. The van der Waals surface area contributed by atoms with Crippen LogP contribution in [0.5, 0.6) is 0 Å². The summed E-state index contributed by atoms with van der Waals surface area (Å²) in [7, 11) is 0. The Balaban J connectivity index is 4.54. The van der Waals surface area contributed by atoms with Gasteiger partial charge in [0, 0.05) is 19.3 Å². The summed E-state index contributed by atoms with van der Waals surface area (Å²) in [5.74, 6) is -1.00. The van der Waals surface area contributed by atoms with E-state index in [0.717, 1.165) is 141 Å². The van der Waals surface area contributed by atoms with Crippen molar-refractivity contribution in [3.8, 4) is 0 Å². The molecular weight excluding hydrogens is 913 g/mol. The van der Waals surface area contributed by atoms with Gasteiger partial charge >= 0.3 is 17.9 Å². The van der Waals surface area contributed by atoms with E-state index in [1.165, 1.54) is 57.8 Å². The third-order valence-electron chi connectivity index (χ3n) is 12.1. The van der Waals surface area contributed by atoms with Gasteiger partial charge in [-0.25, -0.2) is 0 Å². The third kappa shape index (κ3) is 58.2. The molecule has 1 unspecified atom stereocenters. The van der Waals surface area contributed by atoms with E-state index in [1.807, 2.05) is 0 Å². The van der Waals surface area contributed by atoms with Gasteiger partial charge in [0.25, 0.3) is 0 Å². The molecule has 0 bridgehead atoms. The molecule has 0 radical (unpaired) electrons. The molecule has 0 heterocycles. The number of ether oxygens (including phenoxy) is 3. The average molecular weight is 1020 g/mol. The summed E-state index contributed by atoms with van der Waals surface area (Å²) in [4.78, 5) is 38.2. The summed E-state index contributed by atoms with van der Waals surface area (Å²) < 4.78 is 16.8. The summed E-state index contributed by atoms with van der Waals surface area (Å²) in [5, 5.41) is 0. The summed E-state index contributed by atoms with van der Waals surface area (Å²) in [6.45, 7) is 6.32. The van der Waals surface area contributed by atoms with Crippen LogP contribution in [0.3, 0.4) is 0 Å². The number of esters is 3. The van der Waals surface area contributed by atoms with Crippen LogP contribution in [0.4, 0.5) is 0 Å². The van der Waals surface area contributed by atoms with Gasteiger partial charge < -0.3 is 14.2 Å². The summed E-state index contributed by atoms with van der Waals surface area (Å²) in [6.07, 6.45) is 87.0. The Kier molecular flexibility index (Phi) is 57.0. The molecule has 0 aliphatic rings. The Morgan fingerprint density at radius 3 is 0.878 bits per heavy atom. The van der Waals surface area contributed by atoms with E-state index in [1.54, 1.807) is 0 Å². The molecule has 0 N–H and O–H groups in total. The molecule has 74 heavy (non-hydrogen) atoms. The van der Waals surface area contributed by atoms with Crippen molar-refractivity contribution in [2.24, 2.45) is 0 Å². The van der Waals surface area contributed by atoms with Crippen LogP contribution in [-0.4, -0.2) is 37.2 Å². The Labute approximate surface area is 455 Å². The highest BCUT2D eigenvalue weighted by molar-refractivity contribution is 5.71. The van der Waals surface area contributed by atoms with Gasteiger partial charge in [0.05, 0.1) is 0 Å². The minimum atomic E-state index is -0.821. The van der Waals surface area contributed by atoms with E-state index >= 15 is 0 Å². The second kappa shape index (κ2) is 60.8. The molecule has 0 saturated carbocycles. The van der Waals surface area contributed by atoms with E-state index in [4.69, 9.17) is 14.2 Å². The third-order valence-corrected chi connectivity index (χ3v) is 12.1. The van der Waals surface area contributed by atoms with E-state index in [-0.39, 0.29) is 37.5 Å². The number of allylic oxidation sites excluding steroid dienone is 24. The fraction of sp³-hybridized carbons (Fsp3) is 0.603. The van der Waals surface area contributed by atoms with Gasteiger partial charge in [0.15, 0.2) is 6.10 Å². The van der Waals surface area contributed by atoms with Gasteiger partial charge in [-0.2, -0.15) is 0 Å². The van der Waals surface area contributed by atoms with Crippen LogP contribution in [0, 0.1) is 0 Å². The van der Waals surface area contributed by atoms with Crippen LogP contribution in [0.1, 0.15) is 245 Å². The smallest absolute Gasteiger partial charge is 0.306 e. The molecular formula is C68H108O6. The van der Waals surface area contributed by atoms with Gasteiger partial charge in [-0.1, -0.05) is 237 Å². The van der Waals surface area contributed by atoms with Crippen molar-refractivity contribution in [2.75, 3.05) is 13.2 Å². The maximum absolute atomic E-state index is 12.9. The number of hydrogen-bond donors (Lipinski definition) is 0. The fourth-order valence-corrected chi connectivity index (χ4v) is 7.65. The monoisotopic (exact) mass is 1020 g/mol. The van der Waals surface area contributed by atoms with Crippen LogP contribution in [0.25, 0.3) is 0 Å². The van der Waals surface area contributed by atoms with E-state index in [2.05, 4.69) is 167 Å². The summed E-state index contributed by atoms with van der Waals surface area (Å²) >= 11 is 0. The first kappa shape index (κ1) is 69.3. The minimum absolute atomic E-state index is 0.115. The van der Waals surface area contributed by atoms with Gasteiger partial charge in [0.2, 0.25) is 0 Å². The topological polar surface area (TPSA) is 78.9 Å². The van der Waals surface area contributed by atoms with Crippen LogP contribution < -0.4 is 0 Å². The highest BCUT2D eigenvalue weighted by atomic mass is 16.6. The van der Waals surface area contributed by atoms with Crippen molar-refractivity contribution < 1.29 is 28.6 Å². The number of carbonyl (C=O) groups excluding carboxylic acids is 3. The fourth-order valence-electron chi connectivity index (χ4n) is 7.65. The van der Waals surface area contributed by atoms with Crippen molar-refractivity contribution in [3.05, 3.63) is 146 Å². The number of unbranched alkanes of at least 4 members (excludes halogenated alkanes) is 17. The van der Waals surface area contributed by atoms with Crippen molar-refractivity contribution in [1.29, 1.82) is 0 Å². The van der Waals surface area contributed by atoms with Crippen molar-refractivity contribution in [3.63, 3.8) is 0 Å². The standard InChI is InChI=1S/C68H108O6/c1-4-7-10-13-16-19-22-25-28-31-33-34-35-38-40-43-46-49-52-55-58-61-67(70)73-64-65(63-72-66(69)60-57-54-51-48-45-42-39-36-30-27-24-21-18-15-12-9-6-3)74-68(71)62-59-56-53-50-47-44-41-37-32-29-26-23-20-17-14-11-8-5-2/h7,9-10,12,16,18-21,23,25,27-30,32-34,38-40,42,48,51,65H,4-6,8,11,13-15,17,22,24,26,31,35-37,41,43-47,49-50,52-64H2,1-3H3/b10-7-,12-9-,19-16-,21-18-,23-20-,28-25-,30-27-,32-29-,34-33-,40-38-,42-39-,51-48-. The Bertz CT molecular complexity index is 1640. The summed E-state index contributed by atoms with van der Waals surface area (Å²) in [5.41, 5.74) is 0. The van der Waals surface area contributed by atoms with Crippen molar-refractivity contribution >= 4 is 17.9 Å². The second-order valence-electron chi connectivity index (χ2n) is 19.1. The lowest BCUT2D eigenvalue weighted by molar-refractivity contribution is -0.167.